The first-order valence-corrected chi connectivity index (χ1v) is 6.80. The SMILES string of the molecule is CC1CCC(OCc2ccccc2C#N)CC1C. The minimum Gasteiger partial charge on any atom is -0.373 e. The van der Waals surface area contributed by atoms with Crippen LogP contribution in [0, 0.1) is 23.2 Å². The summed E-state index contributed by atoms with van der Waals surface area (Å²) >= 11 is 0. The molecule has 0 heterocycles. The van der Waals surface area contributed by atoms with Crippen LogP contribution in [0.3, 0.4) is 0 Å². The van der Waals surface area contributed by atoms with Gasteiger partial charge < -0.3 is 4.74 Å². The number of hydrogen-bond acceptors (Lipinski definition) is 2. The van der Waals surface area contributed by atoms with Gasteiger partial charge in [0.15, 0.2) is 0 Å². The van der Waals surface area contributed by atoms with Crippen LogP contribution in [0.4, 0.5) is 0 Å². The van der Waals surface area contributed by atoms with Gasteiger partial charge in [0.05, 0.1) is 24.3 Å². The lowest BCUT2D eigenvalue weighted by Crippen LogP contribution is -2.26. The van der Waals surface area contributed by atoms with Crippen LogP contribution in [0.25, 0.3) is 0 Å². The normalized spacial score (nSPS) is 27.7. The molecule has 1 aliphatic carbocycles. The Kier molecular flexibility index (Phi) is 4.38. The number of nitrogens with zero attached hydrogens (tertiary/aromatic N) is 1. The van der Waals surface area contributed by atoms with Crippen LogP contribution >= 0.6 is 0 Å². The van der Waals surface area contributed by atoms with Crippen LogP contribution < -0.4 is 0 Å². The highest BCUT2D eigenvalue weighted by atomic mass is 16.5. The molecule has 0 spiro atoms. The van der Waals surface area contributed by atoms with Gasteiger partial charge in [0.25, 0.3) is 0 Å². The molecule has 0 radical (unpaired) electrons. The fourth-order valence-electron chi connectivity index (χ4n) is 2.61. The first-order chi connectivity index (χ1) is 8.70. The predicted molar refractivity (Wildman–Crippen MR) is 71.9 cm³/mol. The predicted octanol–water partition coefficient (Wildman–Crippen LogP) is 3.90. The van der Waals surface area contributed by atoms with Crippen LogP contribution in [-0.4, -0.2) is 6.10 Å². The smallest absolute Gasteiger partial charge is 0.0995 e. The zero-order valence-electron chi connectivity index (χ0n) is 11.2. The van der Waals surface area contributed by atoms with Gasteiger partial charge in [0.2, 0.25) is 0 Å². The van der Waals surface area contributed by atoms with Crippen molar-refractivity contribution in [1.82, 2.24) is 0 Å². The molecule has 1 fully saturated rings. The average molecular weight is 243 g/mol. The zero-order chi connectivity index (χ0) is 13.0. The Morgan fingerprint density at radius 1 is 1.22 bits per heavy atom. The Bertz CT molecular complexity index is 435. The minimum absolute atomic E-state index is 0.364. The molecular weight excluding hydrogens is 222 g/mol. The maximum Gasteiger partial charge on any atom is 0.0995 e. The summed E-state index contributed by atoms with van der Waals surface area (Å²) < 4.78 is 5.98. The third-order valence-electron chi connectivity index (χ3n) is 4.16. The van der Waals surface area contributed by atoms with Crippen LogP contribution in [0.15, 0.2) is 24.3 Å². The van der Waals surface area contributed by atoms with E-state index in [9.17, 15) is 0 Å². The third kappa shape index (κ3) is 3.11. The Balaban J connectivity index is 1.90. The molecule has 0 bridgehead atoms. The molecule has 3 unspecified atom stereocenters. The van der Waals surface area contributed by atoms with Crippen molar-refractivity contribution in [1.29, 1.82) is 5.26 Å². The first kappa shape index (κ1) is 13.1. The van der Waals surface area contributed by atoms with Gasteiger partial charge in [0.1, 0.15) is 0 Å². The number of nitriles is 1. The van der Waals surface area contributed by atoms with Gasteiger partial charge in [-0.25, -0.2) is 0 Å². The van der Waals surface area contributed by atoms with Crippen molar-refractivity contribution in [2.75, 3.05) is 0 Å². The summed E-state index contributed by atoms with van der Waals surface area (Å²) in [5, 5.41) is 9.03. The molecule has 96 valence electrons. The van der Waals surface area contributed by atoms with E-state index in [4.69, 9.17) is 10.00 Å². The molecule has 2 rings (SSSR count). The average Bonchev–Trinajstić information content (AvgIpc) is 2.40. The van der Waals surface area contributed by atoms with E-state index in [1.165, 1.54) is 6.42 Å². The van der Waals surface area contributed by atoms with Gasteiger partial charge in [-0.1, -0.05) is 32.0 Å². The molecule has 3 atom stereocenters. The van der Waals surface area contributed by atoms with Gasteiger partial charge in [0, 0.05) is 0 Å². The number of ether oxygens (including phenoxy) is 1. The largest absolute Gasteiger partial charge is 0.373 e. The molecule has 0 N–H and O–H groups in total. The highest BCUT2D eigenvalue weighted by molar-refractivity contribution is 5.36. The molecule has 1 aromatic rings. The van der Waals surface area contributed by atoms with Crippen molar-refractivity contribution in [2.24, 2.45) is 11.8 Å². The molecule has 1 saturated carbocycles. The summed E-state index contributed by atoms with van der Waals surface area (Å²) in [6.07, 6.45) is 3.92. The summed E-state index contributed by atoms with van der Waals surface area (Å²) in [6.45, 7) is 5.20. The molecule has 0 amide bonds. The molecule has 18 heavy (non-hydrogen) atoms. The van der Waals surface area contributed by atoms with Crippen molar-refractivity contribution in [3.8, 4) is 6.07 Å². The van der Waals surface area contributed by atoms with Crippen LogP contribution in [0.1, 0.15) is 44.2 Å². The molecule has 0 aliphatic heterocycles. The second kappa shape index (κ2) is 6.02. The minimum atomic E-state index is 0.364. The maximum atomic E-state index is 9.03. The van der Waals surface area contributed by atoms with Crippen molar-refractivity contribution in [3.63, 3.8) is 0 Å². The monoisotopic (exact) mass is 243 g/mol. The van der Waals surface area contributed by atoms with Crippen molar-refractivity contribution < 1.29 is 4.74 Å². The van der Waals surface area contributed by atoms with E-state index in [0.717, 1.165) is 35.8 Å². The van der Waals surface area contributed by atoms with Gasteiger partial charge in [-0.2, -0.15) is 5.26 Å². The van der Waals surface area contributed by atoms with Crippen molar-refractivity contribution in [2.45, 2.75) is 45.8 Å². The quantitative estimate of drug-likeness (QED) is 0.806. The molecule has 1 aliphatic rings. The lowest BCUT2D eigenvalue weighted by Gasteiger charge is -2.32. The van der Waals surface area contributed by atoms with Crippen molar-refractivity contribution in [3.05, 3.63) is 35.4 Å². The standard InChI is InChI=1S/C16H21NO/c1-12-7-8-16(9-13(12)2)18-11-15-6-4-3-5-14(15)10-17/h3-6,12-13,16H,7-9,11H2,1-2H3. The Labute approximate surface area is 110 Å². The van der Waals surface area contributed by atoms with Crippen LogP contribution in [0.5, 0.6) is 0 Å². The van der Waals surface area contributed by atoms with Gasteiger partial charge in [-0.15, -0.1) is 0 Å². The van der Waals surface area contributed by atoms with Crippen LogP contribution in [0.2, 0.25) is 0 Å². The molecule has 2 nitrogen and oxygen atoms in total. The van der Waals surface area contributed by atoms with Gasteiger partial charge in [-0.3, -0.25) is 0 Å². The fourth-order valence-corrected chi connectivity index (χ4v) is 2.61. The fraction of sp³-hybridized carbons (Fsp3) is 0.562. The molecule has 2 heteroatoms. The Morgan fingerprint density at radius 2 is 2.00 bits per heavy atom. The summed E-state index contributed by atoms with van der Waals surface area (Å²) in [4.78, 5) is 0. The maximum absolute atomic E-state index is 9.03. The molecule has 0 saturated heterocycles. The van der Waals surface area contributed by atoms with E-state index < -0.39 is 0 Å². The summed E-state index contributed by atoms with van der Waals surface area (Å²) in [5.41, 5.74) is 1.74. The number of benzene rings is 1. The van der Waals surface area contributed by atoms with Gasteiger partial charge >= 0.3 is 0 Å². The Morgan fingerprint density at radius 3 is 2.72 bits per heavy atom. The van der Waals surface area contributed by atoms with E-state index in [2.05, 4.69) is 19.9 Å². The molecule has 1 aromatic carbocycles. The van der Waals surface area contributed by atoms with Crippen molar-refractivity contribution >= 4 is 0 Å². The van der Waals surface area contributed by atoms with E-state index in [0.29, 0.717) is 12.7 Å². The van der Waals surface area contributed by atoms with Gasteiger partial charge in [-0.05, 0) is 42.7 Å². The molecular formula is C16H21NO. The second-order valence-electron chi connectivity index (χ2n) is 5.47. The van der Waals surface area contributed by atoms with E-state index >= 15 is 0 Å². The summed E-state index contributed by atoms with van der Waals surface area (Å²) in [5.74, 6) is 1.56. The Hall–Kier alpha value is -1.33. The second-order valence-corrected chi connectivity index (χ2v) is 5.47. The van der Waals surface area contributed by atoms with E-state index in [-0.39, 0.29) is 0 Å². The molecule has 0 aromatic heterocycles. The van der Waals surface area contributed by atoms with Crippen LogP contribution in [-0.2, 0) is 11.3 Å². The summed E-state index contributed by atoms with van der Waals surface area (Å²) in [6, 6.07) is 9.91. The lowest BCUT2D eigenvalue weighted by atomic mass is 9.80. The summed E-state index contributed by atoms with van der Waals surface area (Å²) in [7, 11) is 0. The van der Waals surface area contributed by atoms with E-state index in [1.807, 2.05) is 24.3 Å². The highest BCUT2D eigenvalue weighted by Crippen LogP contribution is 2.31. The zero-order valence-corrected chi connectivity index (χ0v) is 11.2. The topological polar surface area (TPSA) is 33.0 Å². The third-order valence-corrected chi connectivity index (χ3v) is 4.16. The lowest BCUT2D eigenvalue weighted by molar-refractivity contribution is -0.00752. The number of hydrogen-bond donors (Lipinski definition) is 0. The highest BCUT2D eigenvalue weighted by Gasteiger charge is 2.24. The van der Waals surface area contributed by atoms with E-state index in [1.54, 1.807) is 0 Å². The first-order valence-electron chi connectivity index (χ1n) is 6.80. The number of rotatable bonds is 3.